The molecule has 1 saturated heterocycles. The van der Waals surface area contributed by atoms with Gasteiger partial charge in [0.2, 0.25) is 0 Å². The number of pyridine rings is 1. The van der Waals surface area contributed by atoms with E-state index in [4.69, 9.17) is 0 Å². The maximum absolute atomic E-state index is 12.3. The quantitative estimate of drug-likeness (QED) is 0.879. The van der Waals surface area contributed by atoms with Crippen LogP contribution in [0.5, 0.6) is 0 Å². The van der Waals surface area contributed by atoms with Crippen molar-refractivity contribution in [1.29, 1.82) is 0 Å². The smallest absolute Gasteiger partial charge is 0.272 e. The summed E-state index contributed by atoms with van der Waals surface area (Å²) < 4.78 is 0. The van der Waals surface area contributed by atoms with E-state index < -0.39 is 0 Å². The van der Waals surface area contributed by atoms with Crippen LogP contribution >= 0.6 is 0 Å². The van der Waals surface area contributed by atoms with Crippen molar-refractivity contribution in [1.82, 2.24) is 15.2 Å². The number of nitrogens with one attached hydrogen (secondary N) is 1. The number of amides is 1. The number of nitrogens with zero attached hydrogens (tertiary/aromatic N) is 2. The number of likely N-dealkylation sites (tertiary alicyclic amines) is 1. The summed E-state index contributed by atoms with van der Waals surface area (Å²) in [6.45, 7) is 4.68. The molecule has 2 rings (SSSR count). The van der Waals surface area contributed by atoms with Crippen LogP contribution in [0.25, 0.3) is 0 Å². The van der Waals surface area contributed by atoms with Crippen LogP contribution in [0.15, 0.2) is 18.3 Å². The normalized spacial score (nSPS) is 16.9. The largest absolute Gasteiger partial charge is 0.337 e. The van der Waals surface area contributed by atoms with E-state index in [2.05, 4.69) is 10.3 Å². The van der Waals surface area contributed by atoms with Crippen molar-refractivity contribution in [2.75, 3.05) is 26.7 Å². The molecule has 4 nitrogen and oxygen atoms in total. The Balaban J connectivity index is 1.98. The van der Waals surface area contributed by atoms with Crippen LogP contribution in [-0.2, 0) is 0 Å². The molecule has 4 heteroatoms. The molecule has 1 aliphatic rings. The molecular weight excluding hydrogens is 226 g/mol. The lowest BCUT2D eigenvalue weighted by Crippen LogP contribution is -2.41. The predicted molar refractivity (Wildman–Crippen MR) is 71.5 cm³/mol. The monoisotopic (exact) mass is 247 g/mol. The Morgan fingerprint density at radius 1 is 1.50 bits per heavy atom. The van der Waals surface area contributed by atoms with Gasteiger partial charge in [0.15, 0.2) is 0 Å². The molecule has 0 atom stereocenters. The molecule has 0 aromatic carbocycles. The zero-order valence-corrected chi connectivity index (χ0v) is 11.1. The fraction of sp³-hybridized carbons (Fsp3) is 0.571. The second-order valence-corrected chi connectivity index (χ2v) is 4.96. The Morgan fingerprint density at radius 2 is 2.22 bits per heavy atom. The topological polar surface area (TPSA) is 45.2 Å². The molecule has 0 saturated carbocycles. The van der Waals surface area contributed by atoms with E-state index in [1.54, 1.807) is 6.20 Å². The van der Waals surface area contributed by atoms with Crippen LogP contribution in [0.4, 0.5) is 0 Å². The highest BCUT2D eigenvalue weighted by atomic mass is 16.2. The number of carbonyl (C=O) groups excluding carboxylic acids is 1. The van der Waals surface area contributed by atoms with Gasteiger partial charge in [-0.25, -0.2) is 0 Å². The molecule has 0 bridgehead atoms. The minimum Gasteiger partial charge on any atom is -0.337 e. The zero-order chi connectivity index (χ0) is 13.0. The van der Waals surface area contributed by atoms with Crippen LogP contribution in [-0.4, -0.2) is 42.5 Å². The summed E-state index contributed by atoms with van der Waals surface area (Å²) in [6, 6.07) is 3.80. The second kappa shape index (κ2) is 5.96. The van der Waals surface area contributed by atoms with Crippen LogP contribution in [0, 0.1) is 12.8 Å². The van der Waals surface area contributed by atoms with E-state index in [0.717, 1.165) is 38.0 Å². The van der Waals surface area contributed by atoms with E-state index in [1.165, 1.54) is 0 Å². The molecule has 1 amide bonds. The van der Waals surface area contributed by atoms with Gasteiger partial charge in [-0.1, -0.05) is 6.07 Å². The van der Waals surface area contributed by atoms with Crippen molar-refractivity contribution < 1.29 is 4.79 Å². The number of hydrogen-bond acceptors (Lipinski definition) is 3. The van der Waals surface area contributed by atoms with Gasteiger partial charge in [0.25, 0.3) is 5.91 Å². The van der Waals surface area contributed by atoms with E-state index in [-0.39, 0.29) is 5.91 Å². The molecule has 1 N–H and O–H groups in total. The maximum Gasteiger partial charge on any atom is 0.272 e. The summed E-state index contributed by atoms with van der Waals surface area (Å²) in [7, 11) is 1.98. The molecule has 0 aliphatic carbocycles. The standard InChI is InChI=1S/C14H21N3O/c1-11-4-3-7-16-13(11)14(18)17-8-5-12(6-9-17)10-15-2/h3-4,7,12,15H,5-6,8-10H2,1-2H3. The lowest BCUT2D eigenvalue weighted by Gasteiger charge is -2.32. The Kier molecular flexibility index (Phi) is 4.31. The lowest BCUT2D eigenvalue weighted by atomic mass is 9.96. The fourth-order valence-corrected chi connectivity index (χ4v) is 2.49. The van der Waals surface area contributed by atoms with Crippen molar-refractivity contribution in [3.8, 4) is 0 Å². The van der Waals surface area contributed by atoms with Crippen molar-refractivity contribution in [3.63, 3.8) is 0 Å². The first-order valence-electron chi connectivity index (χ1n) is 6.58. The average molecular weight is 247 g/mol. The molecular formula is C14H21N3O. The van der Waals surface area contributed by atoms with Crippen molar-refractivity contribution in [3.05, 3.63) is 29.6 Å². The van der Waals surface area contributed by atoms with Crippen molar-refractivity contribution in [2.45, 2.75) is 19.8 Å². The number of rotatable bonds is 3. The minimum atomic E-state index is 0.0796. The van der Waals surface area contributed by atoms with Gasteiger partial charge in [0, 0.05) is 19.3 Å². The summed E-state index contributed by atoms with van der Waals surface area (Å²) in [5.74, 6) is 0.778. The van der Waals surface area contributed by atoms with E-state index in [0.29, 0.717) is 11.6 Å². The average Bonchev–Trinajstić information content (AvgIpc) is 2.40. The molecule has 1 aliphatic heterocycles. The summed E-state index contributed by atoms with van der Waals surface area (Å²) in [5.41, 5.74) is 1.56. The summed E-state index contributed by atoms with van der Waals surface area (Å²) in [4.78, 5) is 18.5. The van der Waals surface area contributed by atoms with Gasteiger partial charge >= 0.3 is 0 Å². The Morgan fingerprint density at radius 3 is 2.83 bits per heavy atom. The number of carbonyl (C=O) groups is 1. The van der Waals surface area contributed by atoms with E-state index >= 15 is 0 Å². The van der Waals surface area contributed by atoms with E-state index in [9.17, 15) is 4.79 Å². The molecule has 0 radical (unpaired) electrons. The van der Waals surface area contributed by atoms with Crippen LogP contribution in [0.2, 0.25) is 0 Å². The van der Waals surface area contributed by atoms with E-state index in [1.807, 2.05) is 31.0 Å². The summed E-state index contributed by atoms with van der Waals surface area (Å²) >= 11 is 0. The van der Waals surface area contributed by atoms with Crippen LogP contribution < -0.4 is 5.32 Å². The summed E-state index contributed by atoms with van der Waals surface area (Å²) in [6.07, 6.45) is 3.85. The number of aryl methyl sites for hydroxylation is 1. The predicted octanol–water partition coefficient (Wildman–Crippen LogP) is 1.46. The van der Waals surface area contributed by atoms with Gasteiger partial charge in [-0.15, -0.1) is 0 Å². The molecule has 0 unspecified atom stereocenters. The highest BCUT2D eigenvalue weighted by Crippen LogP contribution is 2.18. The van der Waals surface area contributed by atoms with Crippen LogP contribution in [0.1, 0.15) is 28.9 Å². The lowest BCUT2D eigenvalue weighted by molar-refractivity contribution is 0.0684. The molecule has 1 fully saturated rings. The highest BCUT2D eigenvalue weighted by Gasteiger charge is 2.24. The van der Waals surface area contributed by atoms with Gasteiger partial charge in [0.05, 0.1) is 0 Å². The Bertz CT molecular complexity index is 411. The third-order valence-electron chi connectivity index (χ3n) is 3.61. The zero-order valence-electron chi connectivity index (χ0n) is 11.1. The molecule has 0 spiro atoms. The van der Waals surface area contributed by atoms with Gasteiger partial charge in [0.1, 0.15) is 5.69 Å². The minimum absolute atomic E-state index is 0.0796. The fourth-order valence-electron chi connectivity index (χ4n) is 2.49. The third-order valence-corrected chi connectivity index (χ3v) is 3.61. The number of piperidine rings is 1. The van der Waals surface area contributed by atoms with Crippen LogP contribution in [0.3, 0.4) is 0 Å². The maximum atomic E-state index is 12.3. The number of aromatic nitrogens is 1. The first-order chi connectivity index (χ1) is 8.72. The molecule has 1 aromatic heterocycles. The molecule has 18 heavy (non-hydrogen) atoms. The van der Waals surface area contributed by atoms with Gasteiger partial charge < -0.3 is 10.2 Å². The summed E-state index contributed by atoms with van der Waals surface area (Å²) in [5, 5.41) is 3.21. The van der Waals surface area contributed by atoms with Gasteiger partial charge in [-0.05, 0) is 50.9 Å². The molecule has 98 valence electrons. The third kappa shape index (κ3) is 2.88. The van der Waals surface area contributed by atoms with Gasteiger partial charge in [-0.2, -0.15) is 0 Å². The van der Waals surface area contributed by atoms with Gasteiger partial charge in [-0.3, -0.25) is 9.78 Å². The molecule has 1 aromatic rings. The SMILES string of the molecule is CNCC1CCN(C(=O)c2ncccc2C)CC1. The molecule has 2 heterocycles. The first kappa shape index (κ1) is 13.0. The van der Waals surface area contributed by atoms with Crippen molar-refractivity contribution in [2.24, 2.45) is 5.92 Å². The van der Waals surface area contributed by atoms with Crippen molar-refractivity contribution >= 4 is 5.91 Å². The first-order valence-corrected chi connectivity index (χ1v) is 6.58. The number of hydrogen-bond donors (Lipinski definition) is 1. The second-order valence-electron chi connectivity index (χ2n) is 4.96. The Hall–Kier alpha value is -1.42. The Labute approximate surface area is 108 Å². The highest BCUT2D eigenvalue weighted by molar-refractivity contribution is 5.93.